The third-order valence-electron chi connectivity index (χ3n) is 3.64. The number of carbonyl (C=O) groups is 1. The molecule has 21 heavy (non-hydrogen) atoms. The van der Waals surface area contributed by atoms with E-state index in [0.29, 0.717) is 5.92 Å². The summed E-state index contributed by atoms with van der Waals surface area (Å²) in [6.07, 6.45) is 2.60. The van der Waals surface area contributed by atoms with E-state index in [1.807, 2.05) is 42.5 Å². The molecule has 1 amide bonds. The fraction of sp³-hybridized carbons (Fsp3) is 0.176. The van der Waals surface area contributed by atoms with Crippen LogP contribution in [0.5, 0.6) is 0 Å². The van der Waals surface area contributed by atoms with Gasteiger partial charge in [-0.15, -0.1) is 0 Å². The number of carbonyl (C=O) groups excluding carboxylic acids is 1. The van der Waals surface area contributed by atoms with Gasteiger partial charge in [-0.2, -0.15) is 5.10 Å². The highest BCUT2D eigenvalue weighted by Crippen LogP contribution is 2.47. The Bertz CT molecular complexity index is 670. The molecule has 0 aromatic heterocycles. The Balaban J connectivity index is 1.56. The van der Waals surface area contributed by atoms with Crippen molar-refractivity contribution in [3.8, 4) is 0 Å². The minimum absolute atomic E-state index is 0.00559. The number of hydrogen-bond acceptors (Lipinski definition) is 2. The molecule has 0 aliphatic heterocycles. The van der Waals surface area contributed by atoms with Gasteiger partial charge in [0, 0.05) is 15.1 Å². The van der Waals surface area contributed by atoms with Crippen molar-refractivity contribution in [2.24, 2.45) is 11.0 Å². The molecule has 3 rings (SSSR count). The lowest BCUT2D eigenvalue weighted by Gasteiger charge is -2.00. The van der Waals surface area contributed by atoms with E-state index < -0.39 is 0 Å². The zero-order chi connectivity index (χ0) is 14.7. The Morgan fingerprint density at radius 2 is 1.86 bits per heavy atom. The van der Waals surface area contributed by atoms with E-state index in [4.69, 9.17) is 0 Å². The second-order valence-electron chi connectivity index (χ2n) is 5.12. The summed E-state index contributed by atoms with van der Waals surface area (Å²) in [6, 6.07) is 18.1. The normalized spacial score (nSPS) is 20.4. The van der Waals surface area contributed by atoms with Crippen molar-refractivity contribution in [1.82, 2.24) is 5.43 Å². The summed E-state index contributed by atoms with van der Waals surface area (Å²) in [5.41, 5.74) is 4.89. The maximum atomic E-state index is 12.0. The first-order valence-corrected chi connectivity index (χ1v) is 7.96. The van der Waals surface area contributed by atoms with Crippen molar-refractivity contribution in [2.75, 3.05) is 0 Å². The molecule has 3 nitrogen and oxygen atoms in total. The molecule has 0 saturated heterocycles. The minimum Gasteiger partial charge on any atom is -0.273 e. The molecule has 0 radical (unpaired) electrons. The van der Waals surface area contributed by atoms with E-state index in [0.717, 1.165) is 15.6 Å². The minimum atomic E-state index is 0.00559. The fourth-order valence-corrected chi connectivity index (χ4v) is 2.91. The third kappa shape index (κ3) is 3.50. The van der Waals surface area contributed by atoms with E-state index in [-0.39, 0.29) is 11.8 Å². The molecule has 1 saturated carbocycles. The van der Waals surface area contributed by atoms with E-state index in [1.54, 1.807) is 6.21 Å². The molecular formula is C17H15IN2O. The maximum absolute atomic E-state index is 12.0. The Labute approximate surface area is 137 Å². The second-order valence-corrected chi connectivity index (χ2v) is 6.28. The largest absolute Gasteiger partial charge is 0.273 e. The van der Waals surface area contributed by atoms with Crippen LogP contribution in [0.15, 0.2) is 59.7 Å². The van der Waals surface area contributed by atoms with Crippen LogP contribution in [0.4, 0.5) is 0 Å². The standard InChI is InChI=1S/C17H15IN2O/c18-16-9-5-4-8-13(16)11-19-20-17(21)15-10-14(15)12-6-2-1-3-7-12/h1-9,11,14-15H,10H2,(H,20,21)/b19-11+. The highest BCUT2D eigenvalue weighted by Gasteiger charge is 2.43. The number of nitrogens with zero attached hydrogens (tertiary/aromatic N) is 1. The highest BCUT2D eigenvalue weighted by molar-refractivity contribution is 14.1. The Kier molecular flexibility index (Phi) is 4.34. The van der Waals surface area contributed by atoms with Crippen LogP contribution in [0.25, 0.3) is 0 Å². The van der Waals surface area contributed by atoms with Gasteiger partial charge in [0.15, 0.2) is 0 Å². The molecule has 1 aliphatic carbocycles. The van der Waals surface area contributed by atoms with Gasteiger partial charge < -0.3 is 0 Å². The second kappa shape index (κ2) is 6.39. The SMILES string of the molecule is O=C(N/N=C/c1ccccc1I)C1CC1c1ccccc1. The van der Waals surface area contributed by atoms with Crippen molar-refractivity contribution in [3.05, 3.63) is 69.3 Å². The molecule has 2 unspecified atom stereocenters. The Morgan fingerprint density at radius 1 is 1.14 bits per heavy atom. The first kappa shape index (κ1) is 14.3. The van der Waals surface area contributed by atoms with Crippen LogP contribution in [0, 0.1) is 9.49 Å². The van der Waals surface area contributed by atoms with Crippen LogP contribution in [-0.4, -0.2) is 12.1 Å². The average Bonchev–Trinajstić information content (AvgIpc) is 3.31. The number of hydrogen-bond donors (Lipinski definition) is 1. The number of hydrazone groups is 1. The summed E-state index contributed by atoms with van der Waals surface area (Å²) >= 11 is 2.25. The topological polar surface area (TPSA) is 41.5 Å². The zero-order valence-corrected chi connectivity index (χ0v) is 13.5. The monoisotopic (exact) mass is 390 g/mol. The predicted molar refractivity (Wildman–Crippen MR) is 92.2 cm³/mol. The Morgan fingerprint density at radius 3 is 2.62 bits per heavy atom. The van der Waals surface area contributed by atoms with Crippen LogP contribution >= 0.6 is 22.6 Å². The smallest absolute Gasteiger partial charge is 0.243 e. The predicted octanol–water partition coefficient (Wildman–Crippen LogP) is 3.55. The molecule has 2 aromatic rings. The van der Waals surface area contributed by atoms with Gasteiger partial charge in [-0.25, -0.2) is 5.43 Å². The number of benzene rings is 2. The quantitative estimate of drug-likeness (QED) is 0.484. The van der Waals surface area contributed by atoms with E-state index >= 15 is 0 Å². The van der Waals surface area contributed by atoms with Crippen LogP contribution < -0.4 is 5.43 Å². The average molecular weight is 390 g/mol. The van der Waals surface area contributed by atoms with Gasteiger partial charge >= 0.3 is 0 Å². The number of amides is 1. The lowest BCUT2D eigenvalue weighted by atomic mass is 10.1. The summed E-state index contributed by atoms with van der Waals surface area (Å²) in [5, 5.41) is 4.06. The first-order valence-electron chi connectivity index (χ1n) is 6.88. The molecule has 2 atom stereocenters. The van der Waals surface area contributed by atoms with Crippen molar-refractivity contribution in [1.29, 1.82) is 0 Å². The van der Waals surface area contributed by atoms with Crippen molar-refractivity contribution >= 4 is 34.7 Å². The Hall–Kier alpha value is -1.69. The molecule has 0 heterocycles. The summed E-state index contributed by atoms with van der Waals surface area (Å²) in [4.78, 5) is 12.0. The lowest BCUT2D eigenvalue weighted by Crippen LogP contribution is -2.20. The molecule has 1 N–H and O–H groups in total. The van der Waals surface area contributed by atoms with E-state index in [1.165, 1.54) is 5.56 Å². The van der Waals surface area contributed by atoms with Crippen LogP contribution in [0.3, 0.4) is 0 Å². The van der Waals surface area contributed by atoms with E-state index in [2.05, 4.69) is 45.3 Å². The number of rotatable bonds is 4. The number of nitrogens with one attached hydrogen (secondary N) is 1. The molecule has 0 bridgehead atoms. The van der Waals surface area contributed by atoms with Gasteiger partial charge in [0.25, 0.3) is 0 Å². The molecule has 2 aromatic carbocycles. The van der Waals surface area contributed by atoms with Gasteiger partial charge in [-0.3, -0.25) is 4.79 Å². The summed E-state index contributed by atoms with van der Waals surface area (Å²) < 4.78 is 1.11. The zero-order valence-electron chi connectivity index (χ0n) is 11.4. The van der Waals surface area contributed by atoms with Gasteiger partial charge in [0.1, 0.15) is 0 Å². The summed E-state index contributed by atoms with van der Waals surface area (Å²) in [7, 11) is 0. The van der Waals surface area contributed by atoms with Crippen LogP contribution in [-0.2, 0) is 4.79 Å². The maximum Gasteiger partial charge on any atom is 0.243 e. The highest BCUT2D eigenvalue weighted by atomic mass is 127. The molecule has 1 fully saturated rings. The van der Waals surface area contributed by atoms with Gasteiger partial charge in [0.05, 0.1) is 6.21 Å². The lowest BCUT2D eigenvalue weighted by molar-refractivity contribution is -0.122. The van der Waals surface area contributed by atoms with Crippen molar-refractivity contribution < 1.29 is 4.79 Å². The van der Waals surface area contributed by atoms with E-state index in [9.17, 15) is 4.79 Å². The molecule has 106 valence electrons. The van der Waals surface area contributed by atoms with Crippen molar-refractivity contribution in [2.45, 2.75) is 12.3 Å². The number of halogens is 1. The van der Waals surface area contributed by atoms with Crippen LogP contribution in [0.1, 0.15) is 23.5 Å². The fourth-order valence-electron chi connectivity index (χ4n) is 2.38. The van der Waals surface area contributed by atoms with Gasteiger partial charge in [0.2, 0.25) is 5.91 Å². The first-order chi connectivity index (χ1) is 10.3. The molecular weight excluding hydrogens is 375 g/mol. The van der Waals surface area contributed by atoms with Crippen LogP contribution in [0.2, 0.25) is 0 Å². The summed E-state index contributed by atoms with van der Waals surface area (Å²) in [6.45, 7) is 0. The van der Waals surface area contributed by atoms with Gasteiger partial charge in [-0.05, 0) is 46.6 Å². The molecule has 1 aliphatic rings. The third-order valence-corrected chi connectivity index (χ3v) is 4.62. The van der Waals surface area contributed by atoms with Crippen molar-refractivity contribution in [3.63, 3.8) is 0 Å². The summed E-state index contributed by atoms with van der Waals surface area (Å²) in [5.74, 6) is 0.406. The molecule has 0 spiro atoms. The van der Waals surface area contributed by atoms with Gasteiger partial charge in [-0.1, -0.05) is 48.5 Å². The molecule has 4 heteroatoms.